The van der Waals surface area contributed by atoms with E-state index in [1.165, 1.54) is 6.21 Å². The molecule has 9 nitrogen and oxygen atoms in total. The highest BCUT2D eigenvalue weighted by atomic mass is 16.5. The molecule has 0 unspecified atom stereocenters. The minimum absolute atomic E-state index is 0.363. The Balaban J connectivity index is 1.76. The molecule has 0 saturated carbocycles. The molecule has 0 amide bonds. The maximum atomic E-state index is 7.65. The minimum atomic E-state index is 0.363. The van der Waals surface area contributed by atoms with E-state index >= 15 is 0 Å². The predicted molar refractivity (Wildman–Crippen MR) is 108 cm³/mol. The fourth-order valence-electron chi connectivity index (χ4n) is 3.36. The number of aryl methyl sites for hydroxylation is 1. The Bertz CT molecular complexity index is 1150. The topological polar surface area (TPSA) is 107 Å². The molecule has 1 N–H and O–H groups in total. The van der Waals surface area contributed by atoms with Crippen LogP contribution in [0.2, 0.25) is 0 Å². The van der Waals surface area contributed by atoms with E-state index < -0.39 is 0 Å². The third-order valence-electron chi connectivity index (χ3n) is 4.63. The zero-order valence-corrected chi connectivity index (χ0v) is 16.4. The van der Waals surface area contributed by atoms with E-state index in [2.05, 4.69) is 32.1 Å². The molecule has 4 aromatic rings. The number of nitrogens with one attached hydrogen (secondary N) is 1. The normalized spacial score (nSPS) is 11.2. The van der Waals surface area contributed by atoms with Crippen molar-refractivity contribution in [2.75, 3.05) is 7.11 Å². The van der Waals surface area contributed by atoms with Crippen LogP contribution in [0.15, 0.2) is 36.9 Å². The van der Waals surface area contributed by atoms with Gasteiger partial charge in [0.2, 0.25) is 0 Å². The number of rotatable bonds is 8. The average molecular weight is 390 g/mol. The van der Waals surface area contributed by atoms with Crippen molar-refractivity contribution in [3.8, 4) is 5.82 Å². The number of hydrogen-bond acceptors (Lipinski definition) is 7. The number of pyridine rings is 1. The van der Waals surface area contributed by atoms with Gasteiger partial charge in [-0.3, -0.25) is 0 Å². The molecule has 4 heterocycles. The van der Waals surface area contributed by atoms with Gasteiger partial charge in [0.15, 0.2) is 17.3 Å². The van der Waals surface area contributed by atoms with Gasteiger partial charge in [-0.05, 0) is 24.6 Å². The molecular weight excluding hydrogens is 368 g/mol. The van der Waals surface area contributed by atoms with Gasteiger partial charge in [0.25, 0.3) is 0 Å². The van der Waals surface area contributed by atoms with Gasteiger partial charge in [0.1, 0.15) is 12.9 Å². The van der Waals surface area contributed by atoms with Gasteiger partial charge in [-0.1, -0.05) is 13.3 Å². The van der Waals surface area contributed by atoms with Crippen molar-refractivity contribution in [2.45, 2.75) is 32.8 Å². The molecule has 0 bridgehead atoms. The smallest absolute Gasteiger partial charge is 0.177 e. The van der Waals surface area contributed by atoms with Crippen molar-refractivity contribution in [3.63, 3.8) is 0 Å². The second-order valence-corrected chi connectivity index (χ2v) is 6.62. The van der Waals surface area contributed by atoms with Gasteiger partial charge in [0.05, 0.1) is 11.4 Å². The van der Waals surface area contributed by atoms with E-state index in [0.29, 0.717) is 30.2 Å². The Morgan fingerprint density at radius 2 is 2.10 bits per heavy atom. The monoisotopic (exact) mass is 390 g/mol. The van der Waals surface area contributed by atoms with Crippen LogP contribution in [0.25, 0.3) is 11.5 Å². The molecule has 0 spiro atoms. The summed E-state index contributed by atoms with van der Waals surface area (Å²) in [4.78, 5) is 13.7. The third-order valence-corrected chi connectivity index (χ3v) is 4.63. The van der Waals surface area contributed by atoms with E-state index in [1.54, 1.807) is 35.0 Å². The first kappa shape index (κ1) is 18.9. The molecule has 0 aliphatic heterocycles. The number of ether oxygens (including phenoxy) is 1. The summed E-state index contributed by atoms with van der Waals surface area (Å²) in [6.07, 6.45) is 8.82. The Hall–Kier alpha value is -3.46. The average Bonchev–Trinajstić information content (AvgIpc) is 3.36. The van der Waals surface area contributed by atoms with E-state index in [0.717, 1.165) is 35.4 Å². The summed E-state index contributed by atoms with van der Waals surface area (Å²) in [6, 6.07) is 5.61. The van der Waals surface area contributed by atoms with Crippen molar-refractivity contribution < 1.29 is 4.74 Å². The van der Waals surface area contributed by atoms with Gasteiger partial charge in [0, 0.05) is 43.3 Å². The maximum Gasteiger partial charge on any atom is 0.177 e. The van der Waals surface area contributed by atoms with Crippen LogP contribution < -0.4 is 0 Å². The highest BCUT2D eigenvalue weighted by Gasteiger charge is 2.17. The molecule has 4 rings (SSSR count). The number of aromatic nitrogens is 7. The van der Waals surface area contributed by atoms with E-state index in [-0.39, 0.29) is 0 Å². The largest absolute Gasteiger partial charge is 0.377 e. The van der Waals surface area contributed by atoms with Crippen LogP contribution in [-0.2, 0) is 24.2 Å². The standard InChI is InChI=1S/C20H22N8O/c1-3-5-16-17(23-13-27-20(16)25-18(26-27)12-29-2)10-15-7-9-24-28(15)19-14(11-21)6-4-8-22-19/h4,6-9,11,13,21H,3,5,10,12H2,1-2H3. The van der Waals surface area contributed by atoms with Crippen molar-refractivity contribution >= 4 is 11.9 Å². The van der Waals surface area contributed by atoms with E-state index in [4.69, 9.17) is 10.1 Å². The molecule has 0 radical (unpaired) electrons. The number of methoxy groups -OCH3 is 1. The molecule has 0 saturated heterocycles. The third kappa shape index (κ3) is 3.64. The van der Waals surface area contributed by atoms with Gasteiger partial charge in [-0.15, -0.1) is 5.10 Å². The molecular formula is C20H22N8O. The molecule has 0 fully saturated rings. The SMILES string of the molecule is CCCc1c(Cc2ccnn2-c2ncccc2C=N)ncn2nc(COC)nc12. The first-order valence-electron chi connectivity index (χ1n) is 9.44. The Kier molecular flexibility index (Phi) is 5.39. The summed E-state index contributed by atoms with van der Waals surface area (Å²) in [5.41, 5.74) is 4.47. The van der Waals surface area contributed by atoms with Crippen LogP contribution >= 0.6 is 0 Å². The summed E-state index contributed by atoms with van der Waals surface area (Å²) >= 11 is 0. The lowest BCUT2D eigenvalue weighted by atomic mass is 10.1. The summed E-state index contributed by atoms with van der Waals surface area (Å²) in [6.45, 7) is 2.50. The lowest BCUT2D eigenvalue weighted by molar-refractivity contribution is 0.178. The van der Waals surface area contributed by atoms with Crippen LogP contribution in [0.1, 0.15) is 41.7 Å². The molecule has 29 heavy (non-hydrogen) atoms. The lowest BCUT2D eigenvalue weighted by Crippen LogP contribution is -2.10. The lowest BCUT2D eigenvalue weighted by Gasteiger charge is -2.11. The summed E-state index contributed by atoms with van der Waals surface area (Å²) in [7, 11) is 1.63. The van der Waals surface area contributed by atoms with Crippen LogP contribution in [0.4, 0.5) is 0 Å². The first-order chi connectivity index (χ1) is 14.2. The minimum Gasteiger partial charge on any atom is -0.377 e. The van der Waals surface area contributed by atoms with Gasteiger partial charge < -0.3 is 10.1 Å². The summed E-state index contributed by atoms with van der Waals surface area (Å²) in [5.74, 6) is 1.27. The highest BCUT2D eigenvalue weighted by Crippen LogP contribution is 2.20. The van der Waals surface area contributed by atoms with Gasteiger partial charge in [-0.25, -0.2) is 24.1 Å². The molecule has 0 atom stereocenters. The molecule has 0 aliphatic carbocycles. The van der Waals surface area contributed by atoms with Crippen molar-refractivity contribution in [2.24, 2.45) is 0 Å². The first-order valence-corrected chi connectivity index (χ1v) is 9.44. The highest BCUT2D eigenvalue weighted by molar-refractivity contribution is 5.81. The maximum absolute atomic E-state index is 7.65. The van der Waals surface area contributed by atoms with E-state index in [1.807, 2.05) is 18.2 Å². The fraction of sp³-hybridized carbons (Fsp3) is 0.300. The molecule has 148 valence electrons. The van der Waals surface area contributed by atoms with E-state index in [9.17, 15) is 0 Å². The number of fused-ring (bicyclic) bond motifs is 1. The Labute approximate surface area is 167 Å². The van der Waals surface area contributed by atoms with Crippen molar-refractivity contribution in [1.29, 1.82) is 5.41 Å². The van der Waals surface area contributed by atoms with Gasteiger partial charge >= 0.3 is 0 Å². The number of nitrogens with zero attached hydrogens (tertiary/aromatic N) is 7. The van der Waals surface area contributed by atoms with Crippen molar-refractivity contribution in [1.82, 2.24) is 34.3 Å². The second-order valence-electron chi connectivity index (χ2n) is 6.62. The molecule has 0 aliphatic rings. The predicted octanol–water partition coefficient (Wildman–Crippen LogP) is 2.39. The Morgan fingerprint density at radius 1 is 1.21 bits per heavy atom. The summed E-state index contributed by atoms with van der Waals surface area (Å²) < 4.78 is 8.64. The van der Waals surface area contributed by atoms with Crippen LogP contribution in [0, 0.1) is 5.41 Å². The van der Waals surface area contributed by atoms with Crippen molar-refractivity contribution in [3.05, 3.63) is 65.3 Å². The van der Waals surface area contributed by atoms with Crippen LogP contribution in [0.3, 0.4) is 0 Å². The second kappa shape index (κ2) is 8.27. The zero-order valence-electron chi connectivity index (χ0n) is 16.4. The number of hydrogen-bond donors (Lipinski definition) is 1. The molecule has 4 aromatic heterocycles. The fourth-order valence-corrected chi connectivity index (χ4v) is 3.36. The van der Waals surface area contributed by atoms with Crippen LogP contribution in [0.5, 0.6) is 0 Å². The molecule has 9 heteroatoms. The zero-order chi connectivity index (χ0) is 20.2. The summed E-state index contributed by atoms with van der Waals surface area (Å²) in [5, 5.41) is 16.5. The van der Waals surface area contributed by atoms with Crippen LogP contribution in [-0.4, -0.2) is 47.7 Å². The molecule has 0 aromatic carbocycles. The Morgan fingerprint density at radius 3 is 2.90 bits per heavy atom. The quantitative estimate of drug-likeness (QED) is 0.463. The van der Waals surface area contributed by atoms with Gasteiger partial charge in [-0.2, -0.15) is 5.10 Å².